The summed E-state index contributed by atoms with van der Waals surface area (Å²) < 4.78 is 24.0. The van der Waals surface area contributed by atoms with E-state index in [4.69, 9.17) is 11.6 Å². The van der Waals surface area contributed by atoms with Gasteiger partial charge in [-0.25, -0.2) is 18.4 Å². The number of rotatable bonds is 2. The number of benzene rings is 2. The van der Waals surface area contributed by atoms with Gasteiger partial charge < -0.3 is 0 Å². The molecule has 0 saturated carbocycles. The van der Waals surface area contributed by atoms with Crippen LogP contribution in [0.4, 0.5) is 0 Å². The topological polar surface area (TPSA) is 59.9 Å². The fraction of sp³-hybridized carbons (Fsp3) is 0.0667. The van der Waals surface area contributed by atoms with Crippen LogP contribution in [0, 0.1) is 0 Å². The van der Waals surface area contributed by atoms with Crippen molar-refractivity contribution in [2.75, 3.05) is 6.26 Å². The maximum absolute atomic E-state index is 12.0. The summed E-state index contributed by atoms with van der Waals surface area (Å²) in [6.45, 7) is 0. The summed E-state index contributed by atoms with van der Waals surface area (Å²) in [6, 6.07) is 14.1. The molecule has 4 nitrogen and oxygen atoms in total. The molecule has 0 spiro atoms. The number of hydrogen-bond acceptors (Lipinski definition) is 4. The molecule has 0 bridgehead atoms. The molecule has 1 heterocycles. The van der Waals surface area contributed by atoms with Gasteiger partial charge in [-0.15, -0.1) is 0 Å². The van der Waals surface area contributed by atoms with E-state index >= 15 is 0 Å². The molecule has 0 fully saturated rings. The molecular weight excluding hydrogens is 308 g/mol. The van der Waals surface area contributed by atoms with Crippen molar-refractivity contribution in [2.45, 2.75) is 5.03 Å². The van der Waals surface area contributed by atoms with Crippen LogP contribution in [0.25, 0.3) is 22.3 Å². The number of nitrogens with zero attached hydrogens (tertiary/aromatic N) is 2. The first-order valence-corrected chi connectivity index (χ1v) is 8.45. The monoisotopic (exact) mass is 318 g/mol. The molecule has 2 aromatic carbocycles. The maximum Gasteiger partial charge on any atom is 0.194 e. The minimum atomic E-state index is -3.49. The van der Waals surface area contributed by atoms with Crippen LogP contribution >= 0.6 is 11.6 Å². The lowest BCUT2D eigenvalue weighted by Crippen LogP contribution is -2.05. The molecule has 0 radical (unpaired) electrons. The molecule has 0 aliphatic heterocycles. The highest BCUT2D eigenvalue weighted by molar-refractivity contribution is 7.90. The number of sulfone groups is 1. The minimum absolute atomic E-state index is 0.0245. The van der Waals surface area contributed by atoms with Gasteiger partial charge in [0.05, 0.1) is 11.0 Å². The quantitative estimate of drug-likeness (QED) is 0.727. The van der Waals surface area contributed by atoms with E-state index in [0.29, 0.717) is 27.3 Å². The second-order valence-corrected chi connectivity index (χ2v) is 7.02. The SMILES string of the molecule is CS(=O)(=O)c1nc2ccc(Cl)cc2nc1-c1ccccc1. The first-order valence-electron chi connectivity index (χ1n) is 6.18. The third-order valence-electron chi connectivity index (χ3n) is 2.99. The molecule has 0 saturated heterocycles. The van der Waals surface area contributed by atoms with E-state index in [1.807, 2.05) is 18.2 Å². The smallest absolute Gasteiger partial charge is 0.194 e. The Bertz CT molecular complexity index is 925. The van der Waals surface area contributed by atoms with Crippen LogP contribution in [0.3, 0.4) is 0 Å². The molecule has 3 rings (SSSR count). The lowest BCUT2D eigenvalue weighted by molar-refractivity contribution is 0.598. The summed E-state index contributed by atoms with van der Waals surface area (Å²) in [4.78, 5) is 8.70. The van der Waals surface area contributed by atoms with Crippen LogP contribution in [-0.4, -0.2) is 24.6 Å². The molecule has 0 unspecified atom stereocenters. The van der Waals surface area contributed by atoms with Crippen molar-refractivity contribution in [3.63, 3.8) is 0 Å². The van der Waals surface area contributed by atoms with Gasteiger partial charge in [-0.1, -0.05) is 41.9 Å². The molecule has 3 aromatic rings. The maximum atomic E-state index is 12.0. The lowest BCUT2D eigenvalue weighted by Gasteiger charge is -2.08. The Labute approximate surface area is 127 Å². The van der Waals surface area contributed by atoms with Crippen molar-refractivity contribution in [1.29, 1.82) is 0 Å². The second kappa shape index (κ2) is 5.09. The first kappa shape index (κ1) is 14.0. The molecule has 0 amide bonds. The Kier molecular flexibility index (Phi) is 3.39. The molecule has 0 atom stereocenters. The second-order valence-electron chi connectivity index (χ2n) is 4.65. The number of fused-ring (bicyclic) bond motifs is 1. The van der Waals surface area contributed by atoms with Crippen LogP contribution < -0.4 is 0 Å². The van der Waals surface area contributed by atoms with Crippen molar-refractivity contribution >= 4 is 32.5 Å². The highest BCUT2D eigenvalue weighted by atomic mass is 35.5. The summed E-state index contributed by atoms with van der Waals surface area (Å²) in [6.07, 6.45) is 1.13. The van der Waals surface area contributed by atoms with E-state index in [0.717, 1.165) is 6.26 Å². The Balaban J connectivity index is 2.40. The van der Waals surface area contributed by atoms with Gasteiger partial charge in [0.1, 0.15) is 5.69 Å². The average Bonchev–Trinajstić information content (AvgIpc) is 2.45. The molecule has 0 aliphatic carbocycles. The van der Waals surface area contributed by atoms with Crippen LogP contribution in [0.2, 0.25) is 5.02 Å². The summed E-state index contributed by atoms with van der Waals surface area (Å²) in [7, 11) is -3.49. The molecule has 106 valence electrons. The van der Waals surface area contributed by atoms with E-state index in [1.54, 1.807) is 30.3 Å². The lowest BCUT2D eigenvalue weighted by atomic mass is 10.1. The fourth-order valence-electron chi connectivity index (χ4n) is 2.05. The number of hydrogen-bond donors (Lipinski definition) is 0. The zero-order valence-electron chi connectivity index (χ0n) is 11.1. The Morgan fingerprint density at radius 1 is 0.952 bits per heavy atom. The fourth-order valence-corrected chi connectivity index (χ4v) is 3.00. The van der Waals surface area contributed by atoms with E-state index < -0.39 is 9.84 Å². The van der Waals surface area contributed by atoms with Crippen molar-refractivity contribution < 1.29 is 8.42 Å². The van der Waals surface area contributed by atoms with Crippen molar-refractivity contribution in [3.05, 3.63) is 53.6 Å². The summed E-state index contributed by atoms with van der Waals surface area (Å²) in [5.41, 5.74) is 2.11. The number of halogens is 1. The Morgan fingerprint density at radius 3 is 2.33 bits per heavy atom. The molecule has 0 aliphatic rings. The third kappa shape index (κ3) is 2.75. The summed E-state index contributed by atoms with van der Waals surface area (Å²) >= 11 is 5.96. The van der Waals surface area contributed by atoms with E-state index in [-0.39, 0.29) is 5.03 Å². The molecule has 6 heteroatoms. The van der Waals surface area contributed by atoms with Crippen molar-refractivity contribution in [2.24, 2.45) is 0 Å². The molecular formula is C15H11ClN2O2S. The number of aromatic nitrogens is 2. The van der Waals surface area contributed by atoms with E-state index in [2.05, 4.69) is 9.97 Å². The van der Waals surface area contributed by atoms with Gasteiger partial charge in [0, 0.05) is 16.8 Å². The van der Waals surface area contributed by atoms with E-state index in [1.165, 1.54) is 0 Å². The van der Waals surface area contributed by atoms with Crippen LogP contribution in [-0.2, 0) is 9.84 Å². The molecule has 21 heavy (non-hydrogen) atoms. The summed E-state index contributed by atoms with van der Waals surface area (Å²) in [5, 5.41) is 0.506. The van der Waals surface area contributed by atoms with Gasteiger partial charge in [-0.3, -0.25) is 0 Å². The average molecular weight is 319 g/mol. The van der Waals surface area contributed by atoms with Crippen molar-refractivity contribution in [3.8, 4) is 11.3 Å². The predicted molar refractivity (Wildman–Crippen MR) is 83.1 cm³/mol. The third-order valence-corrected chi connectivity index (χ3v) is 4.21. The van der Waals surface area contributed by atoms with Crippen LogP contribution in [0.1, 0.15) is 0 Å². The van der Waals surface area contributed by atoms with Crippen molar-refractivity contribution in [1.82, 2.24) is 9.97 Å². The van der Waals surface area contributed by atoms with Gasteiger partial charge in [-0.2, -0.15) is 0 Å². The van der Waals surface area contributed by atoms with Gasteiger partial charge in [0.15, 0.2) is 14.9 Å². The van der Waals surface area contributed by atoms with Gasteiger partial charge >= 0.3 is 0 Å². The Morgan fingerprint density at radius 2 is 1.67 bits per heavy atom. The van der Waals surface area contributed by atoms with E-state index in [9.17, 15) is 8.42 Å². The molecule has 0 N–H and O–H groups in total. The first-order chi connectivity index (χ1) is 9.95. The highest BCUT2D eigenvalue weighted by Gasteiger charge is 2.19. The van der Waals surface area contributed by atoms with Crippen LogP contribution in [0.15, 0.2) is 53.6 Å². The zero-order chi connectivity index (χ0) is 15.0. The predicted octanol–water partition coefficient (Wildman–Crippen LogP) is 3.35. The highest BCUT2D eigenvalue weighted by Crippen LogP contribution is 2.27. The van der Waals surface area contributed by atoms with Crippen LogP contribution in [0.5, 0.6) is 0 Å². The van der Waals surface area contributed by atoms with Gasteiger partial charge in [0.25, 0.3) is 0 Å². The summed E-state index contributed by atoms with van der Waals surface area (Å²) in [5.74, 6) is 0. The Hall–Kier alpha value is -1.98. The van der Waals surface area contributed by atoms with Gasteiger partial charge in [0.2, 0.25) is 0 Å². The normalized spacial score (nSPS) is 11.7. The largest absolute Gasteiger partial charge is 0.243 e. The van der Waals surface area contributed by atoms with Gasteiger partial charge in [-0.05, 0) is 18.2 Å². The minimum Gasteiger partial charge on any atom is -0.243 e. The molecule has 1 aromatic heterocycles. The standard InChI is InChI=1S/C15H11ClN2O2S/c1-21(19,20)15-14(10-5-3-2-4-6-10)17-13-9-11(16)7-8-12(13)18-15/h2-9H,1H3. The zero-order valence-corrected chi connectivity index (χ0v) is 12.7.